The molecule has 0 saturated carbocycles. The normalized spacial score (nSPS) is 11.7. The molecule has 0 unspecified atom stereocenters. The van der Waals surface area contributed by atoms with Gasteiger partial charge in [-0.05, 0) is 91.3 Å². The van der Waals surface area contributed by atoms with Gasteiger partial charge in [-0.1, -0.05) is 158 Å². The number of fused-ring (bicyclic) bond motifs is 8. The van der Waals surface area contributed by atoms with E-state index in [1.165, 1.54) is 48.7 Å². The standard InChI is InChI=1S/C52H33NO/c1-2-14-36-30-40(27-26-34(36)12-1)37-17-9-18-41(31-37)53(50-25-11-21-43-42-19-6-5-13-35(42)28-29-45(43)50)49-24-8-7-20-44(49)46-22-10-23-47-48-32-38-15-3-4-16-39(38)33-51(48)54-52(46)47/h1-33H. The number of rotatable bonds is 5. The minimum absolute atomic E-state index is 0.893. The van der Waals surface area contributed by atoms with Gasteiger partial charge in [0.1, 0.15) is 11.2 Å². The van der Waals surface area contributed by atoms with Crippen molar-refractivity contribution in [3.63, 3.8) is 0 Å². The summed E-state index contributed by atoms with van der Waals surface area (Å²) < 4.78 is 6.80. The lowest BCUT2D eigenvalue weighted by atomic mass is 9.96. The van der Waals surface area contributed by atoms with Crippen molar-refractivity contribution >= 4 is 82.1 Å². The van der Waals surface area contributed by atoms with E-state index in [1.807, 2.05) is 0 Å². The first-order valence-corrected chi connectivity index (χ1v) is 18.5. The maximum Gasteiger partial charge on any atom is 0.143 e. The second-order valence-electron chi connectivity index (χ2n) is 14.1. The summed E-state index contributed by atoms with van der Waals surface area (Å²) in [4.78, 5) is 2.44. The molecule has 11 rings (SSSR count). The molecular formula is C52H33NO. The Morgan fingerprint density at radius 3 is 1.81 bits per heavy atom. The second-order valence-corrected chi connectivity index (χ2v) is 14.1. The second kappa shape index (κ2) is 12.2. The van der Waals surface area contributed by atoms with Gasteiger partial charge in [0.2, 0.25) is 0 Å². The van der Waals surface area contributed by atoms with Crippen LogP contribution >= 0.6 is 0 Å². The molecule has 0 aliphatic carbocycles. The Balaban J connectivity index is 1.17. The van der Waals surface area contributed by atoms with Crippen molar-refractivity contribution in [2.75, 3.05) is 4.90 Å². The zero-order valence-corrected chi connectivity index (χ0v) is 29.4. The fraction of sp³-hybridized carbons (Fsp3) is 0. The predicted octanol–water partition coefficient (Wildman–Crippen LogP) is 15.0. The van der Waals surface area contributed by atoms with Crippen molar-refractivity contribution < 1.29 is 4.42 Å². The Bertz CT molecular complexity index is 3240. The van der Waals surface area contributed by atoms with Crippen LogP contribution in [0.1, 0.15) is 0 Å². The summed E-state index contributed by atoms with van der Waals surface area (Å²) in [6, 6.07) is 72.4. The SMILES string of the molecule is c1cc(-c2ccc3ccccc3c2)cc(N(c2ccccc2-c2cccc3c2oc2cc4ccccc4cc23)c2cccc3c2ccc2ccccc23)c1. The van der Waals surface area contributed by atoms with Gasteiger partial charge in [-0.25, -0.2) is 0 Å². The molecule has 1 aromatic heterocycles. The smallest absolute Gasteiger partial charge is 0.143 e. The average molecular weight is 688 g/mol. The summed E-state index contributed by atoms with van der Waals surface area (Å²) in [6.45, 7) is 0. The van der Waals surface area contributed by atoms with E-state index in [0.29, 0.717) is 0 Å². The zero-order valence-electron chi connectivity index (χ0n) is 29.4. The molecule has 0 N–H and O–H groups in total. The monoisotopic (exact) mass is 687 g/mol. The highest BCUT2D eigenvalue weighted by atomic mass is 16.3. The van der Waals surface area contributed by atoms with Gasteiger partial charge in [0.15, 0.2) is 0 Å². The van der Waals surface area contributed by atoms with Gasteiger partial charge in [0.05, 0.1) is 11.4 Å². The Hall–Kier alpha value is -7.16. The van der Waals surface area contributed by atoms with Gasteiger partial charge in [-0.3, -0.25) is 0 Å². The molecule has 0 radical (unpaired) electrons. The highest BCUT2D eigenvalue weighted by Gasteiger charge is 2.22. The molecular weight excluding hydrogens is 655 g/mol. The molecule has 252 valence electrons. The summed E-state index contributed by atoms with van der Waals surface area (Å²) in [5.41, 5.74) is 9.57. The Morgan fingerprint density at radius 1 is 0.315 bits per heavy atom. The number of para-hydroxylation sites is 2. The number of furan rings is 1. The van der Waals surface area contributed by atoms with Gasteiger partial charge in [-0.15, -0.1) is 0 Å². The van der Waals surface area contributed by atoms with E-state index in [9.17, 15) is 0 Å². The molecule has 2 nitrogen and oxygen atoms in total. The molecule has 0 aliphatic heterocycles. The minimum Gasteiger partial charge on any atom is -0.455 e. The number of hydrogen-bond acceptors (Lipinski definition) is 2. The molecule has 54 heavy (non-hydrogen) atoms. The summed E-state index contributed by atoms with van der Waals surface area (Å²) in [5, 5.41) is 12.0. The molecule has 0 bridgehead atoms. The molecule has 0 aliphatic rings. The Morgan fingerprint density at radius 2 is 0.926 bits per heavy atom. The van der Waals surface area contributed by atoms with Crippen molar-refractivity contribution in [3.05, 3.63) is 200 Å². The Labute approximate surface area is 312 Å². The van der Waals surface area contributed by atoms with Crippen LogP contribution in [0.15, 0.2) is 205 Å². The van der Waals surface area contributed by atoms with E-state index in [1.54, 1.807) is 0 Å². The van der Waals surface area contributed by atoms with Crippen molar-refractivity contribution in [1.82, 2.24) is 0 Å². The molecule has 0 fully saturated rings. The van der Waals surface area contributed by atoms with E-state index < -0.39 is 0 Å². The third-order valence-corrected chi connectivity index (χ3v) is 11.0. The maximum absolute atomic E-state index is 6.80. The summed E-state index contributed by atoms with van der Waals surface area (Å²) >= 11 is 0. The van der Waals surface area contributed by atoms with Crippen LogP contribution < -0.4 is 4.90 Å². The summed E-state index contributed by atoms with van der Waals surface area (Å²) in [5.74, 6) is 0. The quantitative estimate of drug-likeness (QED) is 0.168. The fourth-order valence-corrected chi connectivity index (χ4v) is 8.41. The van der Waals surface area contributed by atoms with Gasteiger partial charge in [0, 0.05) is 33.0 Å². The number of hydrogen-bond donors (Lipinski definition) is 0. The van der Waals surface area contributed by atoms with E-state index in [0.717, 1.165) is 55.7 Å². The van der Waals surface area contributed by atoms with Crippen LogP contribution in [0, 0.1) is 0 Å². The van der Waals surface area contributed by atoms with Crippen LogP contribution in [-0.4, -0.2) is 0 Å². The third kappa shape index (κ3) is 4.88. The van der Waals surface area contributed by atoms with Crippen LogP contribution in [0.5, 0.6) is 0 Å². The van der Waals surface area contributed by atoms with Gasteiger partial charge >= 0.3 is 0 Å². The average Bonchev–Trinajstić information content (AvgIpc) is 3.60. The predicted molar refractivity (Wildman–Crippen MR) is 229 cm³/mol. The Kier molecular flexibility index (Phi) is 6.90. The number of anilines is 3. The van der Waals surface area contributed by atoms with Crippen molar-refractivity contribution in [1.29, 1.82) is 0 Å². The maximum atomic E-state index is 6.80. The first-order chi connectivity index (χ1) is 26.8. The van der Waals surface area contributed by atoms with Crippen LogP contribution in [0.4, 0.5) is 17.1 Å². The van der Waals surface area contributed by atoms with E-state index in [-0.39, 0.29) is 0 Å². The van der Waals surface area contributed by atoms with E-state index >= 15 is 0 Å². The summed E-state index contributed by atoms with van der Waals surface area (Å²) in [6.07, 6.45) is 0. The van der Waals surface area contributed by atoms with E-state index in [2.05, 4.69) is 205 Å². The molecule has 1 heterocycles. The fourth-order valence-electron chi connectivity index (χ4n) is 8.41. The van der Waals surface area contributed by atoms with Crippen LogP contribution in [-0.2, 0) is 0 Å². The highest BCUT2D eigenvalue weighted by molar-refractivity contribution is 6.16. The van der Waals surface area contributed by atoms with Crippen molar-refractivity contribution in [3.8, 4) is 22.3 Å². The van der Waals surface area contributed by atoms with Gasteiger partial charge in [0.25, 0.3) is 0 Å². The van der Waals surface area contributed by atoms with Crippen molar-refractivity contribution in [2.24, 2.45) is 0 Å². The van der Waals surface area contributed by atoms with Crippen molar-refractivity contribution in [2.45, 2.75) is 0 Å². The minimum atomic E-state index is 0.893. The van der Waals surface area contributed by atoms with Crippen LogP contribution in [0.3, 0.4) is 0 Å². The zero-order chi connectivity index (χ0) is 35.6. The lowest BCUT2D eigenvalue weighted by Crippen LogP contribution is -2.12. The van der Waals surface area contributed by atoms with Gasteiger partial charge < -0.3 is 9.32 Å². The largest absolute Gasteiger partial charge is 0.455 e. The van der Waals surface area contributed by atoms with Crippen LogP contribution in [0.25, 0.3) is 87.3 Å². The molecule has 0 atom stereocenters. The highest BCUT2D eigenvalue weighted by Crippen LogP contribution is 2.47. The van der Waals surface area contributed by atoms with Crippen LogP contribution in [0.2, 0.25) is 0 Å². The molecule has 2 heteroatoms. The van der Waals surface area contributed by atoms with Gasteiger partial charge in [-0.2, -0.15) is 0 Å². The molecule has 0 amide bonds. The van der Waals surface area contributed by atoms with E-state index in [4.69, 9.17) is 4.42 Å². The first kappa shape index (κ1) is 30.5. The topological polar surface area (TPSA) is 16.4 Å². The number of benzene rings is 10. The molecule has 11 aromatic rings. The lowest BCUT2D eigenvalue weighted by Gasteiger charge is -2.29. The lowest BCUT2D eigenvalue weighted by molar-refractivity contribution is 0.670. The molecule has 10 aromatic carbocycles. The first-order valence-electron chi connectivity index (χ1n) is 18.5. The summed E-state index contributed by atoms with van der Waals surface area (Å²) in [7, 11) is 0. The molecule has 0 saturated heterocycles. The third-order valence-electron chi connectivity index (χ3n) is 11.0. The molecule has 0 spiro atoms. The number of nitrogens with zero attached hydrogens (tertiary/aromatic N) is 1.